The minimum absolute atomic E-state index is 0.102. The monoisotopic (exact) mass is 430 g/mol. The number of halogens is 5. The number of benzene rings is 2. The molecule has 146 valence electrons. The number of hydrogen-bond acceptors (Lipinski definition) is 4. The number of amides is 1. The summed E-state index contributed by atoms with van der Waals surface area (Å²) in [4.78, 5) is 12.7. The van der Waals surface area contributed by atoms with Crippen molar-refractivity contribution >= 4 is 34.8 Å². The Balaban J connectivity index is 1.87. The Morgan fingerprint density at radius 3 is 2.29 bits per heavy atom. The average molecular weight is 431 g/mol. The number of ether oxygens (including phenoxy) is 1. The van der Waals surface area contributed by atoms with E-state index in [4.69, 9.17) is 27.7 Å². The van der Waals surface area contributed by atoms with E-state index in [2.05, 4.69) is 15.2 Å². The summed E-state index contributed by atoms with van der Waals surface area (Å²) in [5.74, 6) is -0.773. The van der Waals surface area contributed by atoms with Gasteiger partial charge in [-0.25, -0.2) is 0 Å². The summed E-state index contributed by atoms with van der Waals surface area (Å²) in [5.41, 5.74) is 0.839. The zero-order valence-electron chi connectivity index (χ0n) is 14.1. The predicted octanol–water partition coefficient (Wildman–Crippen LogP) is 6.11. The maximum absolute atomic E-state index is 12.7. The van der Waals surface area contributed by atoms with Crippen LogP contribution in [0.5, 0.6) is 5.75 Å². The molecule has 10 heteroatoms. The largest absolute Gasteiger partial charge is 0.573 e. The molecular formula is C18H11Cl2F3N2O3. The molecule has 0 spiro atoms. The van der Waals surface area contributed by atoms with E-state index in [-0.39, 0.29) is 32.8 Å². The molecule has 1 N–H and O–H groups in total. The van der Waals surface area contributed by atoms with Crippen LogP contribution in [-0.2, 0) is 0 Å². The van der Waals surface area contributed by atoms with Crippen molar-refractivity contribution in [3.8, 4) is 17.0 Å². The van der Waals surface area contributed by atoms with Crippen LogP contribution in [0.3, 0.4) is 0 Å². The molecule has 0 aliphatic heterocycles. The van der Waals surface area contributed by atoms with Gasteiger partial charge in [0.1, 0.15) is 22.8 Å². The summed E-state index contributed by atoms with van der Waals surface area (Å²) in [5, 5.41) is 7.00. The number of aryl methyl sites for hydroxylation is 1. The molecule has 1 aromatic heterocycles. The number of hydrogen-bond donors (Lipinski definition) is 1. The van der Waals surface area contributed by atoms with Crippen LogP contribution in [0.25, 0.3) is 11.3 Å². The van der Waals surface area contributed by atoms with E-state index < -0.39 is 18.0 Å². The minimum atomic E-state index is -4.80. The summed E-state index contributed by atoms with van der Waals surface area (Å²) in [6, 6.07) is 9.52. The lowest BCUT2D eigenvalue weighted by Gasteiger charge is -2.10. The smallest absolute Gasteiger partial charge is 0.406 e. The topological polar surface area (TPSA) is 64.4 Å². The fourth-order valence-electron chi connectivity index (χ4n) is 2.47. The zero-order chi connectivity index (χ0) is 20.5. The Morgan fingerprint density at radius 2 is 1.71 bits per heavy atom. The van der Waals surface area contributed by atoms with Gasteiger partial charge in [-0.05, 0) is 43.3 Å². The Labute approximate surface area is 167 Å². The molecule has 0 radical (unpaired) electrons. The molecule has 28 heavy (non-hydrogen) atoms. The third-order valence-corrected chi connectivity index (χ3v) is 4.27. The molecule has 0 bridgehead atoms. The maximum Gasteiger partial charge on any atom is 0.573 e. The third-order valence-electron chi connectivity index (χ3n) is 3.64. The molecular weight excluding hydrogens is 420 g/mol. The number of rotatable bonds is 4. The van der Waals surface area contributed by atoms with Crippen molar-refractivity contribution in [3.63, 3.8) is 0 Å². The number of nitrogens with one attached hydrogen (secondary N) is 1. The Bertz CT molecular complexity index is 998. The van der Waals surface area contributed by atoms with Crippen LogP contribution in [-0.4, -0.2) is 17.4 Å². The van der Waals surface area contributed by atoms with Gasteiger partial charge in [0, 0.05) is 11.3 Å². The maximum atomic E-state index is 12.7. The minimum Gasteiger partial charge on any atom is -0.406 e. The Hall–Kier alpha value is -2.71. The van der Waals surface area contributed by atoms with Crippen molar-refractivity contribution in [3.05, 3.63) is 63.8 Å². The van der Waals surface area contributed by atoms with E-state index in [1.165, 1.54) is 19.1 Å². The van der Waals surface area contributed by atoms with E-state index in [0.29, 0.717) is 5.56 Å². The summed E-state index contributed by atoms with van der Waals surface area (Å²) in [6.45, 7) is 1.54. The standard InChI is InChI=1S/C18H11Cl2F3N2O3/c1-9-14(16(25-28-9)15-12(19)3-2-4-13(15)20)17(26)24-10-5-7-11(8-6-10)27-18(21,22)23/h2-8H,1H3,(H,24,26). The highest BCUT2D eigenvalue weighted by molar-refractivity contribution is 6.39. The van der Waals surface area contributed by atoms with Crippen molar-refractivity contribution in [2.45, 2.75) is 13.3 Å². The molecule has 2 aromatic carbocycles. The van der Waals surface area contributed by atoms with Gasteiger partial charge in [-0.3, -0.25) is 4.79 Å². The highest BCUT2D eigenvalue weighted by Gasteiger charge is 2.31. The fraction of sp³-hybridized carbons (Fsp3) is 0.111. The summed E-state index contributed by atoms with van der Waals surface area (Å²) in [6.07, 6.45) is -4.80. The average Bonchev–Trinajstić information content (AvgIpc) is 2.96. The van der Waals surface area contributed by atoms with E-state index in [9.17, 15) is 18.0 Å². The van der Waals surface area contributed by atoms with Gasteiger partial charge in [-0.1, -0.05) is 34.4 Å². The molecule has 1 heterocycles. The van der Waals surface area contributed by atoms with Crippen LogP contribution < -0.4 is 10.1 Å². The first-order chi connectivity index (χ1) is 13.2. The second-order valence-corrected chi connectivity index (χ2v) is 6.40. The number of anilines is 1. The van der Waals surface area contributed by atoms with Gasteiger partial charge >= 0.3 is 6.36 Å². The van der Waals surface area contributed by atoms with Gasteiger partial charge in [-0.15, -0.1) is 13.2 Å². The SMILES string of the molecule is Cc1onc(-c2c(Cl)cccc2Cl)c1C(=O)Nc1ccc(OC(F)(F)F)cc1. The number of carbonyl (C=O) groups is 1. The van der Waals surface area contributed by atoms with Crippen LogP contribution in [0.15, 0.2) is 47.0 Å². The zero-order valence-corrected chi connectivity index (χ0v) is 15.6. The lowest BCUT2D eigenvalue weighted by Crippen LogP contribution is -2.17. The lowest BCUT2D eigenvalue weighted by molar-refractivity contribution is -0.274. The number of alkyl halides is 3. The molecule has 0 saturated carbocycles. The fourth-order valence-corrected chi connectivity index (χ4v) is 3.04. The van der Waals surface area contributed by atoms with Crippen molar-refractivity contribution in [1.82, 2.24) is 5.16 Å². The van der Waals surface area contributed by atoms with Crippen LogP contribution in [0.1, 0.15) is 16.1 Å². The number of carbonyl (C=O) groups excluding carboxylic acids is 1. The molecule has 0 aliphatic rings. The highest BCUT2D eigenvalue weighted by Crippen LogP contribution is 2.37. The molecule has 1 amide bonds. The summed E-state index contributed by atoms with van der Waals surface area (Å²) in [7, 11) is 0. The Kier molecular flexibility index (Phi) is 5.53. The van der Waals surface area contributed by atoms with Crippen molar-refractivity contribution in [2.75, 3.05) is 5.32 Å². The molecule has 0 fully saturated rings. The normalized spacial score (nSPS) is 11.4. The van der Waals surface area contributed by atoms with Gasteiger partial charge in [0.2, 0.25) is 0 Å². The first kappa shape index (κ1) is 20.0. The van der Waals surface area contributed by atoms with Gasteiger partial charge in [-0.2, -0.15) is 0 Å². The van der Waals surface area contributed by atoms with Crippen LogP contribution in [0.2, 0.25) is 10.0 Å². The molecule has 0 aliphatic carbocycles. The van der Waals surface area contributed by atoms with E-state index in [1.807, 2.05) is 0 Å². The lowest BCUT2D eigenvalue weighted by atomic mass is 10.1. The molecule has 0 unspecified atom stereocenters. The van der Waals surface area contributed by atoms with Crippen LogP contribution in [0.4, 0.5) is 18.9 Å². The van der Waals surface area contributed by atoms with E-state index in [1.54, 1.807) is 18.2 Å². The molecule has 0 saturated heterocycles. The van der Waals surface area contributed by atoms with Crippen molar-refractivity contribution in [1.29, 1.82) is 0 Å². The van der Waals surface area contributed by atoms with Gasteiger partial charge < -0.3 is 14.6 Å². The van der Waals surface area contributed by atoms with Gasteiger partial charge in [0.05, 0.1) is 10.0 Å². The van der Waals surface area contributed by atoms with E-state index in [0.717, 1.165) is 12.1 Å². The highest BCUT2D eigenvalue weighted by atomic mass is 35.5. The summed E-state index contributed by atoms with van der Waals surface area (Å²) >= 11 is 12.4. The molecule has 3 aromatic rings. The second kappa shape index (κ2) is 7.73. The van der Waals surface area contributed by atoms with Crippen LogP contribution in [0, 0.1) is 6.92 Å². The van der Waals surface area contributed by atoms with Crippen LogP contribution >= 0.6 is 23.2 Å². The number of aromatic nitrogens is 1. The first-order valence-electron chi connectivity index (χ1n) is 7.73. The predicted molar refractivity (Wildman–Crippen MR) is 97.8 cm³/mol. The first-order valence-corrected chi connectivity index (χ1v) is 8.49. The molecule has 5 nitrogen and oxygen atoms in total. The number of nitrogens with zero attached hydrogens (tertiary/aromatic N) is 1. The Morgan fingerprint density at radius 1 is 1.11 bits per heavy atom. The summed E-state index contributed by atoms with van der Waals surface area (Å²) < 4.78 is 45.6. The van der Waals surface area contributed by atoms with Gasteiger partial charge in [0.15, 0.2) is 0 Å². The second-order valence-electron chi connectivity index (χ2n) is 5.59. The van der Waals surface area contributed by atoms with Crippen molar-refractivity contribution in [2.24, 2.45) is 0 Å². The van der Waals surface area contributed by atoms with Crippen molar-refractivity contribution < 1.29 is 27.2 Å². The molecule has 3 rings (SSSR count). The molecule has 0 atom stereocenters. The van der Waals surface area contributed by atoms with E-state index >= 15 is 0 Å². The van der Waals surface area contributed by atoms with Gasteiger partial charge in [0.25, 0.3) is 5.91 Å². The third kappa shape index (κ3) is 4.40. The quantitative estimate of drug-likeness (QED) is 0.542.